The lowest BCUT2D eigenvalue weighted by Gasteiger charge is -2.21. The van der Waals surface area contributed by atoms with Crippen molar-refractivity contribution in [2.75, 3.05) is 0 Å². The summed E-state index contributed by atoms with van der Waals surface area (Å²) in [5, 5.41) is 19.1. The van der Waals surface area contributed by atoms with E-state index in [-0.39, 0.29) is 11.3 Å². The molecule has 0 atom stereocenters. The number of phenols is 1. The summed E-state index contributed by atoms with van der Waals surface area (Å²) in [6.45, 7) is 0. The molecule has 0 bridgehead atoms. The van der Waals surface area contributed by atoms with Crippen LogP contribution in [0.15, 0.2) is 18.2 Å². The van der Waals surface area contributed by atoms with Crippen molar-refractivity contribution in [2.24, 2.45) is 0 Å². The molecular weight excluding hydrogens is 228 g/mol. The summed E-state index contributed by atoms with van der Waals surface area (Å²) in [5.74, 6) is -0.777. The van der Waals surface area contributed by atoms with Gasteiger partial charge in [-0.25, -0.2) is 4.79 Å². The molecule has 3 heteroatoms. The highest BCUT2D eigenvalue weighted by molar-refractivity contribution is 5.91. The van der Waals surface area contributed by atoms with Gasteiger partial charge < -0.3 is 10.2 Å². The van der Waals surface area contributed by atoms with Crippen LogP contribution in [0.3, 0.4) is 0 Å². The Morgan fingerprint density at radius 3 is 2.28 bits per heavy atom. The SMILES string of the molecule is O=C(O)c1cccc(C2CCCCCCC2)c1O. The Hall–Kier alpha value is -1.51. The number of carbonyl (C=O) groups is 1. The Morgan fingerprint density at radius 1 is 1.06 bits per heavy atom. The highest BCUT2D eigenvalue weighted by Gasteiger charge is 2.20. The van der Waals surface area contributed by atoms with Gasteiger partial charge in [0.2, 0.25) is 0 Å². The van der Waals surface area contributed by atoms with Gasteiger partial charge in [-0.05, 0) is 30.4 Å². The minimum Gasteiger partial charge on any atom is -0.507 e. The third-order valence-electron chi connectivity index (χ3n) is 3.84. The standard InChI is InChI=1S/C15H20O3/c16-14-12(9-6-10-13(14)15(17)18)11-7-4-2-1-3-5-8-11/h6,9-11,16H,1-5,7-8H2,(H,17,18). The summed E-state index contributed by atoms with van der Waals surface area (Å²) in [5.41, 5.74) is 0.839. The lowest BCUT2D eigenvalue weighted by molar-refractivity contribution is 0.0693. The number of para-hydroxylation sites is 1. The molecule has 1 fully saturated rings. The molecule has 3 nitrogen and oxygen atoms in total. The third kappa shape index (κ3) is 2.84. The first-order valence-corrected chi connectivity index (χ1v) is 6.75. The van der Waals surface area contributed by atoms with E-state index in [0.717, 1.165) is 18.4 Å². The summed E-state index contributed by atoms with van der Waals surface area (Å²) in [7, 11) is 0. The van der Waals surface area contributed by atoms with E-state index in [1.54, 1.807) is 6.07 Å². The molecule has 1 aromatic carbocycles. The number of aromatic hydroxyl groups is 1. The second-order valence-electron chi connectivity index (χ2n) is 5.09. The zero-order valence-corrected chi connectivity index (χ0v) is 10.6. The van der Waals surface area contributed by atoms with Gasteiger partial charge in [-0.1, -0.05) is 44.2 Å². The largest absolute Gasteiger partial charge is 0.507 e. The molecule has 0 saturated heterocycles. The maximum Gasteiger partial charge on any atom is 0.339 e. The highest BCUT2D eigenvalue weighted by atomic mass is 16.4. The Balaban J connectivity index is 2.25. The molecule has 0 aliphatic heterocycles. The van der Waals surface area contributed by atoms with Gasteiger partial charge in [0.15, 0.2) is 0 Å². The maximum atomic E-state index is 11.0. The number of carboxylic acid groups (broad SMARTS) is 1. The van der Waals surface area contributed by atoms with Crippen LogP contribution in [-0.4, -0.2) is 16.2 Å². The van der Waals surface area contributed by atoms with Gasteiger partial charge in [-0.15, -0.1) is 0 Å². The van der Waals surface area contributed by atoms with Crippen molar-refractivity contribution in [2.45, 2.75) is 50.9 Å². The summed E-state index contributed by atoms with van der Waals surface area (Å²) >= 11 is 0. The van der Waals surface area contributed by atoms with Gasteiger partial charge in [0.25, 0.3) is 0 Å². The van der Waals surface area contributed by atoms with E-state index in [4.69, 9.17) is 5.11 Å². The summed E-state index contributed by atoms with van der Waals surface area (Å²) in [4.78, 5) is 11.0. The van der Waals surface area contributed by atoms with Crippen molar-refractivity contribution in [3.05, 3.63) is 29.3 Å². The molecule has 0 unspecified atom stereocenters. The molecular formula is C15H20O3. The number of rotatable bonds is 2. The molecule has 2 rings (SSSR count). The minimum absolute atomic E-state index is 0.0227. The Morgan fingerprint density at radius 2 is 1.67 bits per heavy atom. The Bertz CT molecular complexity index is 418. The zero-order valence-electron chi connectivity index (χ0n) is 10.6. The van der Waals surface area contributed by atoms with Crippen LogP contribution in [-0.2, 0) is 0 Å². The fourth-order valence-corrected chi connectivity index (χ4v) is 2.83. The minimum atomic E-state index is -1.06. The molecule has 0 spiro atoms. The molecule has 0 radical (unpaired) electrons. The number of aromatic carboxylic acids is 1. The van der Waals surface area contributed by atoms with Crippen molar-refractivity contribution in [1.29, 1.82) is 0 Å². The van der Waals surface area contributed by atoms with E-state index in [9.17, 15) is 9.90 Å². The van der Waals surface area contributed by atoms with E-state index in [1.165, 1.54) is 38.2 Å². The molecule has 0 aromatic heterocycles. The lowest BCUT2D eigenvalue weighted by Crippen LogP contribution is -2.05. The first kappa shape index (κ1) is 12.9. The van der Waals surface area contributed by atoms with Crippen LogP contribution < -0.4 is 0 Å². The van der Waals surface area contributed by atoms with Crippen LogP contribution in [0.25, 0.3) is 0 Å². The zero-order chi connectivity index (χ0) is 13.0. The third-order valence-corrected chi connectivity index (χ3v) is 3.84. The smallest absolute Gasteiger partial charge is 0.339 e. The van der Waals surface area contributed by atoms with Crippen LogP contribution >= 0.6 is 0 Å². The maximum absolute atomic E-state index is 11.0. The summed E-state index contributed by atoms with van der Waals surface area (Å²) < 4.78 is 0. The van der Waals surface area contributed by atoms with E-state index < -0.39 is 5.97 Å². The van der Waals surface area contributed by atoms with E-state index in [2.05, 4.69) is 0 Å². The predicted molar refractivity (Wildman–Crippen MR) is 70.1 cm³/mol. The lowest BCUT2D eigenvalue weighted by atomic mass is 9.85. The van der Waals surface area contributed by atoms with Gasteiger partial charge in [-0.3, -0.25) is 0 Å². The fourth-order valence-electron chi connectivity index (χ4n) is 2.83. The van der Waals surface area contributed by atoms with Crippen molar-refractivity contribution >= 4 is 5.97 Å². The van der Waals surface area contributed by atoms with Gasteiger partial charge in [0.1, 0.15) is 11.3 Å². The molecule has 1 saturated carbocycles. The summed E-state index contributed by atoms with van der Waals surface area (Å²) in [6.07, 6.45) is 8.23. The topological polar surface area (TPSA) is 57.5 Å². The van der Waals surface area contributed by atoms with Gasteiger partial charge in [0.05, 0.1) is 0 Å². The van der Waals surface area contributed by atoms with E-state index in [0.29, 0.717) is 5.92 Å². The fraction of sp³-hybridized carbons (Fsp3) is 0.533. The quantitative estimate of drug-likeness (QED) is 0.834. The van der Waals surface area contributed by atoms with Crippen molar-refractivity contribution in [3.63, 3.8) is 0 Å². The van der Waals surface area contributed by atoms with Crippen molar-refractivity contribution in [3.8, 4) is 5.75 Å². The molecule has 1 aromatic rings. The first-order valence-electron chi connectivity index (χ1n) is 6.75. The predicted octanol–water partition coefficient (Wildman–Crippen LogP) is 3.92. The molecule has 98 valence electrons. The molecule has 1 aliphatic rings. The molecule has 2 N–H and O–H groups in total. The van der Waals surface area contributed by atoms with Crippen LogP contribution in [0.5, 0.6) is 5.75 Å². The van der Waals surface area contributed by atoms with Crippen molar-refractivity contribution < 1.29 is 15.0 Å². The normalized spacial score (nSPS) is 18.0. The second kappa shape index (κ2) is 5.89. The van der Waals surface area contributed by atoms with Crippen molar-refractivity contribution in [1.82, 2.24) is 0 Å². The highest BCUT2D eigenvalue weighted by Crippen LogP contribution is 2.37. The molecule has 1 aliphatic carbocycles. The monoisotopic (exact) mass is 248 g/mol. The van der Waals surface area contributed by atoms with Gasteiger partial charge in [-0.2, -0.15) is 0 Å². The number of hydrogen-bond donors (Lipinski definition) is 2. The number of carboxylic acids is 1. The van der Waals surface area contributed by atoms with Crippen LogP contribution in [0.1, 0.15) is 66.8 Å². The summed E-state index contributed by atoms with van der Waals surface area (Å²) in [6, 6.07) is 5.06. The van der Waals surface area contributed by atoms with Crippen LogP contribution in [0.2, 0.25) is 0 Å². The first-order chi connectivity index (χ1) is 8.70. The van der Waals surface area contributed by atoms with E-state index >= 15 is 0 Å². The molecule has 0 heterocycles. The van der Waals surface area contributed by atoms with Crippen LogP contribution in [0.4, 0.5) is 0 Å². The molecule has 18 heavy (non-hydrogen) atoms. The number of benzene rings is 1. The second-order valence-corrected chi connectivity index (χ2v) is 5.09. The van der Waals surface area contributed by atoms with Crippen LogP contribution in [0, 0.1) is 0 Å². The van der Waals surface area contributed by atoms with Gasteiger partial charge in [0, 0.05) is 0 Å². The molecule has 0 amide bonds. The number of hydrogen-bond acceptors (Lipinski definition) is 2. The average molecular weight is 248 g/mol. The van der Waals surface area contributed by atoms with Gasteiger partial charge >= 0.3 is 5.97 Å². The average Bonchev–Trinajstić information content (AvgIpc) is 2.29. The Labute approximate surface area is 107 Å². The van der Waals surface area contributed by atoms with E-state index in [1.807, 2.05) is 6.07 Å². The Kier molecular flexibility index (Phi) is 4.24.